The SMILES string of the molecule is O=C(CN(CCc1ccccc1)C1CCNCC1)N1CCN(C(c2ccc(Cl)cc2)c2ccccc2Cl)CC1. The molecule has 1 N–H and O–H groups in total. The fourth-order valence-corrected chi connectivity index (χ4v) is 6.28. The number of nitrogens with one attached hydrogen (secondary N) is 1. The Balaban J connectivity index is 1.24. The van der Waals surface area contributed by atoms with Crippen molar-refractivity contribution in [3.63, 3.8) is 0 Å². The second-order valence-electron chi connectivity index (χ2n) is 10.6. The van der Waals surface area contributed by atoms with Crippen LogP contribution in [0.4, 0.5) is 0 Å². The van der Waals surface area contributed by atoms with Gasteiger partial charge in [-0.25, -0.2) is 0 Å². The lowest BCUT2D eigenvalue weighted by atomic mass is 9.96. The number of hydrogen-bond donors (Lipinski definition) is 1. The predicted molar refractivity (Wildman–Crippen MR) is 161 cm³/mol. The maximum absolute atomic E-state index is 13.6. The van der Waals surface area contributed by atoms with Crippen LogP contribution in [0.5, 0.6) is 0 Å². The number of benzene rings is 3. The molecule has 5 nitrogen and oxygen atoms in total. The van der Waals surface area contributed by atoms with Crippen LogP contribution in [0.2, 0.25) is 10.0 Å². The largest absolute Gasteiger partial charge is 0.339 e. The minimum absolute atomic E-state index is 0.0188. The Kier molecular flexibility index (Phi) is 9.94. The van der Waals surface area contributed by atoms with E-state index < -0.39 is 0 Å². The van der Waals surface area contributed by atoms with Crippen LogP contribution in [-0.4, -0.2) is 79.0 Å². The number of nitrogens with zero attached hydrogens (tertiary/aromatic N) is 3. The van der Waals surface area contributed by atoms with Crippen LogP contribution in [0.15, 0.2) is 78.9 Å². The first kappa shape index (κ1) is 28.1. The highest BCUT2D eigenvalue weighted by Gasteiger charge is 2.31. The maximum Gasteiger partial charge on any atom is 0.236 e. The summed E-state index contributed by atoms with van der Waals surface area (Å²) in [5, 5.41) is 4.94. The molecule has 2 heterocycles. The van der Waals surface area contributed by atoms with Crippen molar-refractivity contribution in [2.75, 3.05) is 52.4 Å². The number of carbonyl (C=O) groups excluding carboxylic acids is 1. The minimum atomic E-state index is 0.0188. The zero-order valence-electron chi connectivity index (χ0n) is 22.4. The van der Waals surface area contributed by atoms with Gasteiger partial charge < -0.3 is 10.2 Å². The van der Waals surface area contributed by atoms with Crippen molar-refractivity contribution in [1.29, 1.82) is 0 Å². The average Bonchev–Trinajstić information content (AvgIpc) is 2.98. The second kappa shape index (κ2) is 13.8. The van der Waals surface area contributed by atoms with E-state index in [0.29, 0.717) is 25.7 Å². The van der Waals surface area contributed by atoms with Crippen LogP contribution in [0, 0.1) is 0 Å². The second-order valence-corrected chi connectivity index (χ2v) is 11.4. The summed E-state index contributed by atoms with van der Waals surface area (Å²) in [5.41, 5.74) is 3.56. The van der Waals surface area contributed by atoms with Crippen LogP contribution in [0.3, 0.4) is 0 Å². The van der Waals surface area contributed by atoms with E-state index in [1.807, 2.05) is 30.3 Å². The molecular weight excluding hydrogens is 527 g/mol. The Labute approximate surface area is 242 Å². The molecule has 7 heteroatoms. The molecule has 5 rings (SSSR count). The van der Waals surface area contributed by atoms with Crippen molar-refractivity contribution in [3.8, 4) is 0 Å². The summed E-state index contributed by atoms with van der Waals surface area (Å²) in [7, 11) is 0. The molecule has 0 saturated carbocycles. The lowest BCUT2D eigenvalue weighted by Crippen LogP contribution is -2.54. The highest BCUT2D eigenvalue weighted by molar-refractivity contribution is 6.31. The lowest BCUT2D eigenvalue weighted by Gasteiger charge is -2.41. The van der Waals surface area contributed by atoms with Gasteiger partial charge >= 0.3 is 0 Å². The number of halogens is 2. The van der Waals surface area contributed by atoms with Crippen LogP contribution < -0.4 is 5.32 Å². The molecule has 0 aromatic heterocycles. The molecule has 206 valence electrons. The number of hydrogen-bond acceptors (Lipinski definition) is 4. The van der Waals surface area contributed by atoms with Crippen molar-refractivity contribution in [1.82, 2.24) is 20.0 Å². The minimum Gasteiger partial charge on any atom is -0.339 e. The van der Waals surface area contributed by atoms with Crippen molar-refractivity contribution < 1.29 is 4.79 Å². The van der Waals surface area contributed by atoms with Gasteiger partial charge in [0, 0.05) is 48.8 Å². The lowest BCUT2D eigenvalue weighted by molar-refractivity contribution is -0.135. The van der Waals surface area contributed by atoms with Gasteiger partial charge in [0.15, 0.2) is 0 Å². The van der Waals surface area contributed by atoms with E-state index in [-0.39, 0.29) is 11.9 Å². The Bertz CT molecular complexity index is 1190. The first-order valence-electron chi connectivity index (χ1n) is 14.1. The molecule has 2 saturated heterocycles. The summed E-state index contributed by atoms with van der Waals surface area (Å²) >= 11 is 12.9. The molecule has 0 spiro atoms. The third-order valence-corrected chi connectivity index (χ3v) is 8.71. The van der Waals surface area contributed by atoms with Crippen molar-refractivity contribution in [2.45, 2.75) is 31.3 Å². The van der Waals surface area contributed by atoms with E-state index in [4.69, 9.17) is 23.2 Å². The van der Waals surface area contributed by atoms with Gasteiger partial charge in [0.1, 0.15) is 0 Å². The highest BCUT2D eigenvalue weighted by Crippen LogP contribution is 2.34. The number of piperazine rings is 1. The highest BCUT2D eigenvalue weighted by atomic mass is 35.5. The molecule has 2 aliphatic rings. The summed E-state index contributed by atoms with van der Waals surface area (Å²) < 4.78 is 0. The van der Waals surface area contributed by atoms with Crippen LogP contribution in [0.1, 0.15) is 35.6 Å². The molecule has 1 unspecified atom stereocenters. The molecule has 0 aliphatic carbocycles. The van der Waals surface area contributed by atoms with E-state index in [1.54, 1.807) is 0 Å². The van der Waals surface area contributed by atoms with E-state index in [9.17, 15) is 4.79 Å². The molecule has 3 aromatic rings. The van der Waals surface area contributed by atoms with E-state index in [0.717, 1.165) is 73.2 Å². The topological polar surface area (TPSA) is 38.8 Å². The molecule has 3 aromatic carbocycles. The summed E-state index contributed by atoms with van der Waals surface area (Å²) in [6.07, 6.45) is 3.15. The molecule has 2 fully saturated rings. The smallest absolute Gasteiger partial charge is 0.236 e. The fourth-order valence-electron chi connectivity index (χ4n) is 5.91. The summed E-state index contributed by atoms with van der Waals surface area (Å²) in [5.74, 6) is 0.238. The first-order valence-corrected chi connectivity index (χ1v) is 14.8. The van der Waals surface area contributed by atoms with Gasteiger partial charge in [0.25, 0.3) is 0 Å². The third kappa shape index (κ3) is 7.41. The zero-order valence-corrected chi connectivity index (χ0v) is 24.0. The maximum atomic E-state index is 13.6. The molecule has 0 bridgehead atoms. The van der Waals surface area contributed by atoms with E-state index in [1.165, 1.54) is 5.56 Å². The third-order valence-electron chi connectivity index (χ3n) is 8.11. The van der Waals surface area contributed by atoms with Gasteiger partial charge in [-0.1, -0.05) is 83.9 Å². The monoisotopic (exact) mass is 564 g/mol. The Morgan fingerprint density at radius 2 is 1.54 bits per heavy atom. The zero-order chi connectivity index (χ0) is 27.0. The van der Waals surface area contributed by atoms with E-state index in [2.05, 4.69) is 68.5 Å². The number of amides is 1. The van der Waals surface area contributed by atoms with Crippen molar-refractivity contribution >= 4 is 29.1 Å². The normalized spacial score (nSPS) is 17.9. The van der Waals surface area contributed by atoms with Gasteiger partial charge in [0.05, 0.1) is 12.6 Å². The van der Waals surface area contributed by atoms with Crippen LogP contribution in [-0.2, 0) is 11.2 Å². The summed E-state index contributed by atoms with van der Waals surface area (Å²) in [6.45, 7) is 6.46. The van der Waals surface area contributed by atoms with Crippen molar-refractivity contribution in [3.05, 3.63) is 106 Å². The van der Waals surface area contributed by atoms with Crippen molar-refractivity contribution in [2.24, 2.45) is 0 Å². The number of rotatable bonds is 9. The number of carbonyl (C=O) groups is 1. The summed E-state index contributed by atoms with van der Waals surface area (Å²) in [6, 6.07) is 27.2. The van der Waals surface area contributed by atoms with Gasteiger partial charge in [-0.3, -0.25) is 14.6 Å². The van der Waals surface area contributed by atoms with Gasteiger partial charge in [0.2, 0.25) is 5.91 Å². The summed E-state index contributed by atoms with van der Waals surface area (Å²) in [4.78, 5) is 20.5. The number of piperidine rings is 1. The standard InChI is InChI=1S/C32H38Cl2N4O/c33-27-12-10-26(11-13-27)32(29-8-4-5-9-30(29)34)37-22-20-36(21-23-37)31(39)24-38(28-14-17-35-18-15-28)19-16-25-6-2-1-3-7-25/h1-13,28,32,35H,14-24H2. The predicted octanol–water partition coefficient (Wildman–Crippen LogP) is 5.52. The molecule has 2 aliphatic heterocycles. The van der Waals surface area contributed by atoms with Crippen LogP contribution >= 0.6 is 23.2 Å². The van der Waals surface area contributed by atoms with Gasteiger partial charge in [-0.2, -0.15) is 0 Å². The van der Waals surface area contributed by atoms with Gasteiger partial charge in [-0.05, 0) is 67.2 Å². The Morgan fingerprint density at radius 3 is 2.23 bits per heavy atom. The molecule has 39 heavy (non-hydrogen) atoms. The molecule has 0 radical (unpaired) electrons. The molecular formula is C32H38Cl2N4O. The quantitative estimate of drug-likeness (QED) is 0.371. The Hall–Kier alpha value is -2.41. The fraction of sp³-hybridized carbons (Fsp3) is 0.406. The Morgan fingerprint density at radius 1 is 0.872 bits per heavy atom. The molecule has 1 atom stereocenters. The van der Waals surface area contributed by atoms with Gasteiger partial charge in [-0.15, -0.1) is 0 Å². The first-order chi connectivity index (χ1) is 19.1. The average molecular weight is 566 g/mol. The molecule has 1 amide bonds. The van der Waals surface area contributed by atoms with Crippen LogP contribution in [0.25, 0.3) is 0 Å². The van der Waals surface area contributed by atoms with E-state index >= 15 is 0 Å².